The lowest BCUT2D eigenvalue weighted by Gasteiger charge is -2.28. The highest BCUT2D eigenvalue weighted by Gasteiger charge is 2.32. The van der Waals surface area contributed by atoms with E-state index < -0.39 is 0 Å². The van der Waals surface area contributed by atoms with Gasteiger partial charge in [0.25, 0.3) is 0 Å². The summed E-state index contributed by atoms with van der Waals surface area (Å²) in [4.78, 5) is 20.9. The van der Waals surface area contributed by atoms with Crippen molar-refractivity contribution in [2.75, 3.05) is 37.7 Å². The van der Waals surface area contributed by atoms with Crippen LogP contribution in [0.2, 0.25) is 0 Å². The molecular weight excluding hydrogens is 276 g/mol. The molecule has 110 valence electrons. The Balaban J connectivity index is 1.52. The summed E-state index contributed by atoms with van der Waals surface area (Å²) in [6.07, 6.45) is 0.944. The summed E-state index contributed by atoms with van der Waals surface area (Å²) in [6, 6.07) is 0. The van der Waals surface area contributed by atoms with Gasteiger partial charge in [0.05, 0.1) is 12.5 Å². The van der Waals surface area contributed by atoms with E-state index in [0.717, 1.165) is 44.1 Å². The van der Waals surface area contributed by atoms with Gasteiger partial charge in [0.2, 0.25) is 11.8 Å². The smallest absolute Gasteiger partial charge is 0.227 e. The first-order valence-corrected chi connectivity index (χ1v) is 8.26. The van der Waals surface area contributed by atoms with Gasteiger partial charge >= 0.3 is 0 Å². The number of rotatable bonds is 3. The monoisotopic (exact) mass is 296 g/mol. The van der Waals surface area contributed by atoms with Crippen LogP contribution >= 0.6 is 11.8 Å². The molecule has 0 bridgehead atoms. The Hall–Kier alpha value is -1.08. The zero-order chi connectivity index (χ0) is 13.9. The summed E-state index contributed by atoms with van der Waals surface area (Å²) in [5.41, 5.74) is 0. The number of thioether (sulfide) groups is 1. The van der Waals surface area contributed by atoms with Crippen LogP contribution in [0.15, 0.2) is 4.52 Å². The topological polar surface area (TPSA) is 62.5 Å². The Morgan fingerprint density at radius 3 is 2.90 bits per heavy atom. The number of nitrogens with zero attached hydrogens (tertiary/aromatic N) is 4. The van der Waals surface area contributed by atoms with E-state index >= 15 is 0 Å². The van der Waals surface area contributed by atoms with Gasteiger partial charge in [0.15, 0.2) is 5.82 Å². The molecule has 3 heterocycles. The van der Waals surface area contributed by atoms with Crippen molar-refractivity contribution in [3.63, 3.8) is 0 Å². The third kappa shape index (κ3) is 3.15. The van der Waals surface area contributed by atoms with Crippen LogP contribution in [0.5, 0.6) is 0 Å². The molecule has 2 saturated heterocycles. The van der Waals surface area contributed by atoms with E-state index in [2.05, 4.69) is 15.0 Å². The Kier molecular flexibility index (Phi) is 4.26. The van der Waals surface area contributed by atoms with Gasteiger partial charge in [0, 0.05) is 38.1 Å². The van der Waals surface area contributed by atoms with Crippen molar-refractivity contribution in [1.29, 1.82) is 0 Å². The molecule has 2 aliphatic rings. The lowest BCUT2D eigenvalue weighted by Crippen LogP contribution is -2.42. The number of hydrogen-bond acceptors (Lipinski definition) is 6. The summed E-state index contributed by atoms with van der Waals surface area (Å²) < 4.78 is 4.98. The molecule has 2 aliphatic heterocycles. The van der Waals surface area contributed by atoms with Crippen molar-refractivity contribution in [3.8, 4) is 0 Å². The molecule has 2 fully saturated rings. The zero-order valence-corrected chi connectivity index (χ0v) is 12.6. The van der Waals surface area contributed by atoms with Gasteiger partial charge < -0.3 is 9.42 Å². The third-order valence-electron chi connectivity index (χ3n) is 3.88. The van der Waals surface area contributed by atoms with E-state index in [0.29, 0.717) is 24.2 Å². The summed E-state index contributed by atoms with van der Waals surface area (Å²) in [5.74, 6) is 3.93. The molecule has 0 radical (unpaired) electrons. The number of aryl methyl sites for hydroxylation is 1. The standard InChI is InChI=1S/C13H20N4O2S/c1-10-14-12(15-19-10)9-16-3-2-11(8-16)13(18)17-4-6-20-7-5-17/h11H,2-9H2,1H3. The van der Waals surface area contributed by atoms with E-state index in [1.807, 2.05) is 16.7 Å². The maximum absolute atomic E-state index is 12.4. The molecule has 20 heavy (non-hydrogen) atoms. The van der Waals surface area contributed by atoms with Crippen LogP contribution in [0.4, 0.5) is 0 Å². The highest BCUT2D eigenvalue weighted by atomic mass is 32.2. The second kappa shape index (κ2) is 6.13. The summed E-state index contributed by atoms with van der Waals surface area (Å²) in [5, 5.41) is 3.91. The van der Waals surface area contributed by atoms with Crippen LogP contribution in [-0.2, 0) is 11.3 Å². The molecule has 0 spiro atoms. The molecule has 1 unspecified atom stereocenters. The fraction of sp³-hybridized carbons (Fsp3) is 0.769. The fourth-order valence-electron chi connectivity index (χ4n) is 2.83. The summed E-state index contributed by atoms with van der Waals surface area (Å²) in [7, 11) is 0. The molecular formula is C13H20N4O2S. The van der Waals surface area contributed by atoms with E-state index in [4.69, 9.17) is 4.52 Å². The van der Waals surface area contributed by atoms with Gasteiger partial charge in [-0.1, -0.05) is 5.16 Å². The quantitative estimate of drug-likeness (QED) is 0.821. The molecule has 0 N–H and O–H groups in total. The average Bonchev–Trinajstić information content (AvgIpc) is 3.09. The Labute approximate surface area is 122 Å². The number of carbonyl (C=O) groups excluding carboxylic acids is 1. The Morgan fingerprint density at radius 2 is 2.20 bits per heavy atom. The predicted octanol–water partition coefficient (Wildman–Crippen LogP) is 0.775. The van der Waals surface area contributed by atoms with Gasteiger partial charge in [-0.25, -0.2) is 0 Å². The molecule has 3 rings (SSSR count). The van der Waals surface area contributed by atoms with E-state index in [1.165, 1.54) is 0 Å². The van der Waals surface area contributed by atoms with Gasteiger partial charge in [-0.2, -0.15) is 16.7 Å². The molecule has 6 nitrogen and oxygen atoms in total. The van der Waals surface area contributed by atoms with Crippen LogP contribution in [-0.4, -0.2) is 63.5 Å². The number of likely N-dealkylation sites (tertiary alicyclic amines) is 1. The highest BCUT2D eigenvalue weighted by Crippen LogP contribution is 2.21. The van der Waals surface area contributed by atoms with Gasteiger partial charge in [-0.3, -0.25) is 9.69 Å². The fourth-order valence-corrected chi connectivity index (χ4v) is 3.73. The Morgan fingerprint density at radius 1 is 1.40 bits per heavy atom. The van der Waals surface area contributed by atoms with Crippen LogP contribution in [0.25, 0.3) is 0 Å². The van der Waals surface area contributed by atoms with Crippen molar-refractivity contribution in [2.24, 2.45) is 5.92 Å². The number of amides is 1. The van der Waals surface area contributed by atoms with Crippen molar-refractivity contribution < 1.29 is 9.32 Å². The van der Waals surface area contributed by atoms with Crippen molar-refractivity contribution >= 4 is 17.7 Å². The predicted molar refractivity (Wildman–Crippen MR) is 76.3 cm³/mol. The van der Waals surface area contributed by atoms with Crippen molar-refractivity contribution in [3.05, 3.63) is 11.7 Å². The first kappa shape index (κ1) is 13.9. The first-order chi connectivity index (χ1) is 9.72. The molecule has 7 heteroatoms. The van der Waals surface area contributed by atoms with E-state index in [-0.39, 0.29) is 5.92 Å². The van der Waals surface area contributed by atoms with Crippen LogP contribution in [0.3, 0.4) is 0 Å². The van der Waals surface area contributed by atoms with Crippen molar-refractivity contribution in [2.45, 2.75) is 19.9 Å². The number of aromatic nitrogens is 2. The largest absolute Gasteiger partial charge is 0.341 e. The van der Waals surface area contributed by atoms with Gasteiger partial charge in [-0.05, 0) is 13.0 Å². The summed E-state index contributed by atoms with van der Waals surface area (Å²) in [6.45, 7) is 6.04. The highest BCUT2D eigenvalue weighted by molar-refractivity contribution is 7.99. The van der Waals surface area contributed by atoms with Crippen molar-refractivity contribution in [1.82, 2.24) is 19.9 Å². The molecule has 1 aromatic heterocycles. The molecule has 1 amide bonds. The van der Waals surface area contributed by atoms with Crippen LogP contribution in [0, 0.1) is 12.8 Å². The van der Waals surface area contributed by atoms with Gasteiger partial charge in [-0.15, -0.1) is 0 Å². The van der Waals surface area contributed by atoms with E-state index in [1.54, 1.807) is 6.92 Å². The number of carbonyl (C=O) groups is 1. The first-order valence-electron chi connectivity index (χ1n) is 7.10. The minimum absolute atomic E-state index is 0.145. The van der Waals surface area contributed by atoms with Crippen LogP contribution in [0.1, 0.15) is 18.1 Å². The minimum Gasteiger partial charge on any atom is -0.341 e. The second-order valence-corrected chi connectivity index (χ2v) is 6.61. The zero-order valence-electron chi connectivity index (χ0n) is 11.7. The lowest BCUT2D eigenvalue weighted by molar-refractivity contribution is -0.134. The third-order valence-corrected chi connectivity index (χ3v) is 4.82. The normalized spacial score (nSPS) is 24.2. The maximum Gasteiger partial charge on any atom is 0.227 e. The average molecular weight is 296 g/mol. The minimum atomic E-state index is 0.145. The van der Waals surface area contributed by atoms with Gasteiger partial charge in [0.1, 0.15) is 0 Å². The lowest BCUT2D eigenvalue weighted by atomic mass is 10.1. The maximum atomic E-state index is 12.4. The van der Waals surface area contributed by atoms with E-state index in [9.17, 15) is 4.79 Å². The SMILES string of the molecule is Cc1nc(CN2CCC(C(=O)N3CCSCC3)C2)no1. The van der Waals surface area contributed by atoms with Crippen LogP contribution < -0.4 is 0 Å². The second-order valence-electron chi connectivity index (χ2n) is 5.39. The Bertz CT molecular complexity index is 473. The number of hydrogen-bond donors (Lipinski definition) is 0. The summed E-state index contributed by atoms with van der Waals surface area (Å²) >= 11 is 1.93. The molecule has 0 saturated carbocycles. The molecule has 0 aromatic carbocycles. The molecule has 1 aromatic rings. The molecule has 1 atom stereocenters. The molecule has 0 aliphatic carbocycles.